The third-order valence-corrected chi connectivity index (χ3v) is 9.63. The van der Waals surface area contributed by atoms with Crippen LogP contribution in [-0.4, -0.2) is 8.56 Å². The summed E-state index contributed by atoms with van der Waals surface area (Å²) in [5.74, 6) is 1.58. The summed E-state index contributed by atoms with van der Waals surface area (Å²) in [6.07, 6.45) is 0. The van der Waals surface area contributed by atoms with E-state index in [4.69, 9.17) is 8.85 Å². The summed E-state index contributed by atoms with van der Waals surface area (Å²) in [6, 6.07) is 49.8. The van der Waals surface area contributed by atoms with Crippen molar-refractivity contribution in [2.75, 3.05) is 0 Å². The Bertz CT molecular complexity index is 1460. The van der Waals surface area contributed by atoms with E-state index in [1.54, 1.807) is 0 Å². The van der Waals surface area contributed by atoms with Crippen LogP contribution in [0.2, 0.25) is 0 Å². The number of hydrogen-bond acceptors (Lipinski definition) is 2. The fourth-order valence-electron chi connectivity index (χ4n) is 4.72. The summed E-state index contributed by atoms with van der Waals surface area (Å²) < 4.78 is 14.2. The maximum Gasteiger partial charge on any atom is 0.532 e. The van der Waals surface area contributed by atoms with Crippen molar-refractivity contribution < 1.29 is 8.85 Å². The maximum atomic E-state index is 7.11. The number of benzene rings is 6. The van der Waals surface area contributed by atoms with Crippen molar-refractivity contribution in [1.29, 1.82) is 0 Å². The van der Waals surface area contributed by atoms with Crippen LogP contribution in [0.1, 0.15) is 0 Å². The summed E-state index contributed by atoms with van der Waals surface area (Å²) in [6.45, 7) is 0. The van der Waals surface area contributed by atoms with Gasteiger partial charge in [0.15, 0.2) is 0 Å². The van der Waals surface area contributed by atoms with E-state index in [2.05, 4.69) is 84.9 Å². The molecule has 6 aromatic rings. The number of fused-ring (bicyclic) bond motifs is 2. The smallest absolute Gasteiger partial charge is 0.506 e. The Balaban J connectivity index is 1.72. The number of rotatable bonds is 6. The Morgan fingerprint density at radius 2 is 0.714 bits per heavy atom. The molecule has 168 valence electrons. The highest BCUT2D eigenvalue weighted by Gasteiger charge is 2.49. The molecule has 0 heterocycles. The van der Waals surface area contributed by atoms with Gasteiger partial charge in [-0.1, -0.05) is 121 Å². The minimum absolute atomic E-state index is 0.788. The zero-order chi connectivity index (χ0) is 23.5. The summed E-state index contributed by atoms with van der Waals surface area (Å²) in [4.78, 5) is 0. The van der Waals surface area contributed by atoms with Gasteiger partial charge in [-0.25, -0.2) is 0 Å². The Labute approximate surface area is 206 Å². The third-order valence-electron chi connectivity index (χ3n) is 6.30. The molecule has 0 unspecified atom stereocenters. The fourth-order valence-corrected chi connectivity index (χ4v) is 8.22. The molecule has 0 spiro atoms. The third kappa shape index (κ3) is 3.96. The van der Waals surface area contributed by atoms with Crippen LogP contribution in [0.15, 0.2) is 146 Å². The first-order valence-corrected chi connectivity index (χ1v) is 13.6. The van der Waals surface area contributed by atoms with Crippen LogP contribution in [0.25, 0.3) is 21.5 Å². The van der Waals surface area contributed by atoms with Crippen LogP contribution in [0.4, 0.5) is 0 Å². The minimum Gasteiger partial charge on any atom is -0.506 e. The quantitative estimate of drug-likeness (QED) is 0.253. The van der Waals surface area contributed by atoms with Gasteiger partial charge in [-0.2, -0.15) is 0 Å². The zero-order valence-electron chi connectivity index (χ0n) is 19.2. The first kappa shape index (κ1) is 21.2. The topological polar surface area (TPSA) is 18.5 Å². The molecule has 0 aliphatic heterocycles. The first-order valence-electron chi connectivity index (χ1n) is 11.8. The average Bonchev–Trinajstić information content (AvgIpc) is 2.93. The lowest BCUT2D eigenvalue weighted by molar-refractivity contribution is 0.418. The monoisotopic (exact) mass is 468 g/mol. The van der Waals surface area contributed by atoms with Gasteiger partial charge in [0.05, 0.1) is 0 Å². The second kappa shape index (κ2) is 9.13. The van der Waals surface area contributed by atoms with Crippen molar-refractivity contribution in [2.24, 2.45) is 0 Å². The molecule has 3 heteroatoms. The number of para-hydroxylation sites is 2. The van der Waals surface area contributed by atoms with E-state index in [9.17, 15) is 0 Å². The lowest BCUT2D eigenvalue weighted by atomic mass is 10.1. The molecule has 0 bridgehead atoms. The average molecular weight is 469 g/mol. The van der Waals surface area contributed by atoms with Gasteiger partial charge >= 0.3 is 8.56 Å². The van der Waals surface area contributed by atoms with Crippen LogP contribution in [0, 0.1) is 0 Å². The highest BCUT2D eigenvalue weighted by atomic mass is 28.4. The summed E-state index contributed by atoms with van der Waals surface area (Å²) in [5.41, 5.74) is 0. The molecule has 0 aliphatic rings. The van der Waals surface area contributed by atoms with Gasteiger partial charge in [-0.15, -0.1) is 0 Å². The van der Waals surface area contributed by atoms with E-state index in [0.29, 0.717) is 0 Å². The first-order chi connectivity index (χ1) is 17.3. The molecular formula is C32H24O2Si. The Kier molecular flexibility index (Phi) is 5.53. The van der Waals surface area contributed by atoms with Crippen molar-refractivity contribution in [3.8, 4) is 11.5 Å². The van der Waals surface area contributed by atoms with Gasteiger partial charge in [-0.3, -0.25) is 0 Å². The van der Waals surface area contributed by atoms with Crippen LogP contribution < -0.4 is 19.2 Å². The largest absolute Gasteiger partial charge is 0.532 e. The summed E-state index contributed by atoms with van der Waals surface area (Å²) in [7, 11) is -3.36. The zero-order valence-corrected chi connectivity index (χ0v) is 20.2. The van der Waals surface area contributed by atoms with E-state index < -0.39 is 8.56 Å². The van der Waals surface area contributed by atoms with E-state index in [0.717, 1.165) is 43.4 Å². The second-order valence-electron chi connectivity index (χ2n) is 8.50. The minimum atomic E-state index is -3.36. The summed E-state index contributed by atoms with van der Waals surface area (Å²) in [5, 5.41) is 6.77. The Morgan fingerprint density at radius 1 is 0.343 bits per heavy atom. The SMILES string of the molecule is c1ccc(O[Si](Oc2ccccc2)(c2cccc3ccccc23)c2cccc3ccccc23)cc1. The molecular weight excluding hydrogens is 444 g/mol. The molecule has 0 saturated heterocycles. The molecule has 0 amide bonds. The van der Waals surface area contributed by atoms with Gasteiger partial charge in [0.2, 0.25) is 0 Å². The van der Waals surface area contributed by atoms with Crippen LogP contribution >= 0.6 is 0 Å². The summed E-state index contributed by atoms with van der Waals surface area (Å²) >= 11 is 0. The molecule has 0 fully saturated rings. The maximum absolute atomic E-state index is 7.11. The van der Waals surface area contributed by atoms with E-state index in [1.807, 2.05) is 60.7 Å². The predicted molar refractivity (Wildman–Crippen MR) is 147 cm³/mol. The molecule has 0 saturated carbocycles. The van der Waals surface area contributed by atoms with Crippen LogP contribution in [0.3, 0.4) is 0 Å². The molecule has 0 aromatic heterocycles. The second-order valence-corrected chi connectivity index (χ2v) is 11.2. The molecule has 0 atom stereocenters. The van der Waals surface area contributed by atoms with E-state index in [-0.39, 0.29) is 0 Å². The van der Waals surface area contributed by atoms with Crippen LogP contribution in [-0.2, 0) is 0 Å². The van der Waals surface area contributed by atoms with E-state index in [1.165, 1.54) is 0 Å². The lowest BCUT2D eigenvalue weighted by Gasteiger charge is -2.33. The number of hydrogen-bond donors (Lipinski definition) is 0. The fraction of sp³-hybridized carbons (Fsp3) is 0. The van der Waals surface area contributed by atoms with Gasteiger partial charge in [-0.05, 0) is 45.8 Å². The Morgan fingerprint density at radius 3 is 1.17 bits per heavy atom. The van der Waals surface area contributed by atoms with Gasteiger partial charge < -0.3 is 8.85 Å². The molecule has 6 rings (SSSR count). The Hall–Kier alpha value is -4.34. The highest BCUT2D eigenvalue weighted by Crippen LogP contribution is 2.26. The molecule has 6 aromatic carbocycles. The lowest BCUT2D eigenvalue weighted by Crippen LogP contribution is -2.68. The van der Waals surface area contributed by atoms with Crippen molar-refractivity contribution >= 4 is 40.5 Å². The van der Waals surface area contributed by atoms with E-state index >= 15 is 0 Å². The molecule has 2 nitrogen and oxygen atoms in total. The van der Waals surface area contributed by atoms with Crippen molar-refractivity contribution in [3.05, 3.63) is 146 Å². The van der Waals surface area contributed by atoms with Crippen molar-refractivity contribution in [1.82, 2.24) is 0 Å². The van der Waals surface area contributed by atoms with Gasteiger partial charge in [0.1, 0.15) is 11.5 Å². The van der Waals surface area contributed by atoms with Gasteiger partial charge in [0, 0.05) is 10.4 Å². The molecule has 35 heavy (non-hydrogen) atoms. The molecule has 0 aliphatic carbocycles. The highest BCUT2D eigenvalue weighted by molar-refractivity contribution is 6.96. The van der Waals surface area contributed by atoms with Crippen LogP contribution in [0.5, 0.6) is 11.5 Å². The predicted octanol–water partition coefficient (Wildman–Crippen LogP) is 6.71. The molecule has 0 radical (unpaired) electrons. The standard InChI is InChI=1S/C32H24O2Si/c1-3-17-27(18-4-1)33-35(34-28-19-5-2-6-20-28,31-23-11-15-25-13-7-9-21-29(25)31)32-24-12-16-26-14-8-10-22-30(26)32/h1-24H. The molecule has 0 N–H and O–H groups in total. The van der Waals surface area contributed by atoms with Gasteiger partial charge in [0.25, 0.3) is 0 Å². The van der Waals surface area contributed by atoms with Crippen molar-refractivity contribution in [2.45, 2.75) is 0 Å². The van der Waals surface area contributed by atoms with Crippen molar-refractivity contribution in [3.63, 3.8) is 0 Å². The normalized spacial score (nSPS) is 11.4.